The molecule has 44 heavy (non-hydrogen) atoms. The molecule has 1 N–H and O–H groups in total. The van der Waals surface area contributed by atoms with E-state index in [0.717, 1.165) is 11.1 Å². The molecule has 2 fully saturated rings. The number of Topliss-reactive ketones (excluding diaryl/α,β-unsaturated/α-hetero) is 1. The van der Waals surface area contributed by atoms with Gasteiger partial charge in [0.1, 0.15) is 17.6 Å². The van der Waals surface area contributed by atoms with Gasteiger partial charge in [0, 0.05) is 50.4 Å². The number of halogens is 1. The van der Waals surface area contributed by atoms with Gasteiger partial charge in [-0.1, -0.05) is 12.1 Å². The van der Waals surface area contributed by atoms with Crippen molar-refractivity contribution in [3.63, 3.8) is 0 Å². The summed E-state index contributed by atoms with van der Waals surface area (Å²) in [6.45, 7) is 4.08. The molecule has 2 unspecified atom stereocenters. The number of piperidine rings is 2. The predicted octanol–water partition coefficient (Wildman–Crippen LogP) is 4.35. The van der Waals surface area contributed by atoms with Gasteiger partial charge in [0.15, 0.2) is 5.78 Å². The molecule has 2 saturated heterocycles. The van der Waals surface area contributed by atoms with E-state index in [4.69, 9.17) is 4.74 Å². The van der Waals surface area contributed by atoms with Gasteiger partial charge < -0.3 is 15.0 Å². The molecule has 1 aromatic heterocycles. The van der Waals surface area contributed by atoms with Gasteiger partial charge in [-0.15, -0.1) is 0 Å². The zero-order valence-corrected chi connectivity index (χ0v) is 25.0. The van der Waals surface area contributed by atoms with E-state index in [0.29, 0.717) is 62.3 Å². The number of hydrogen-bond donors (Lipinski definition) is 1. The lowest BCUT2D eigenvalue weighted by Gasteiger charge is -2.35. The SMILES string of the molecule is COc1ccc(C(=O)C2CCN(C(=O)c3ccc(C(=O)NC4CCN(Cc5ccc(C)c(C#N)c5)CC4F)cn3)CC2)cc1. The van der Waals surface area contributed by atoms with Crippen LogP contribution in [-0.4, -0.2) is 77.9 Å². The first kappa shape index (κ1) is 30.8. The quantitative estimate of drug-likeness (QED) is 0.384. The van der Waals surface area contributed by atoms with Crippen LogP contribution in [0.5, 0.6) is 5.75 Å². The number of carbonyl (C=O) groups excluding carboxylic acids is 3. The topological polar surface area (TPSA) is 116 Å². The van der Waals surface area contributed by atoms with Crippen LogP contribution in [0.3, 0.4) is 0 Å². The molecule has 5 rings (SSSR count). The van der Waals surface area contributed by atoms with E-state index in [1.807, 2.05) is 30.0 Å². The Morgan fingerprint density at radius 1 is 1.02 bits per heavy atom. The molecule has 10 heteroatoms. The van der Waals surface area contributed by atoms with Gasteiger partial charge in [0.25, 0.3) is 11.8 Å². The minimum Gasteiger partial charge on any atom is -0.497 e. The lowest BCUT2D eigenvalue weighted by Crippen LogP contribution is -2.52. The third-order valence-electron chi connectivity index (χ3n) is 8.54. The lowest BCUT2D eigenvalue weighted by molar-refractivity contribution is 0.0645. The van der Waals surface area contributed by atoms with Crippen molar-refractivity contribution in [3.05, 3.63) is 94.3 Å². The molecule has 0 radical (unpaired) electrons. The van der Waals surface area contributed by atoms with Gasteiger partial charge in [0.05, 0.1) is 30.3 Å². The number of aromatic nitrogens is 1. The highest BCUT2D eigenvalue weighted by Crippen LogP contribution is 2.24. The van der Waals surface area contributed by atoms with Crippen LogP contribution in [0, 0.1) is 24.2 Å². The number of nitrogens with zero attached hydrogens (tertiary/aromatic N) is 4. The summed E-state index contributed by atoms with van der Waals surface area (Å²) < 4.78 is 20.2. The number of ketones is 1. The molecule has 228 valence electrons. The lowest BCUT2D eigenvalue weighted by atomic mass is 9.88. The van der Waals surface area contributed by atoms with E-state index < -0.39 is 18.1 Å². The number of alkyl halides is 1. The van der Waals surface area contributed by atoms with E-state index in [2.05, 4.69) is 16.4 Å². The Hall–Kier alpha value is -4.62. The second-order valence-electron chi connectivity index (χ2n) is 11.5. The Bertz CT molecular complexity index is 1550. The normalized spacial score (nSPS) is 19.2. The fourth-order valence-electron chi connectivity index (χ4n) is 5.82. The average Bonchev–Trinajstić information content (AvgIpc) is 3.06. The molecular weight excluding hydrogens is 561 g/mol. The van der Waals surface area contributed by atoms with E-state index in [1.165, 1.54) is 18.3 Å². The van der Waals surface area contributed by atoms with Crippen LogP contribution in [0.25, 0.3) is 0 Å². The van der Waals surface area contributed by atoms with E-state index >= 15 is 4.39 Å². The first-order valence-electron chi connectivity index (χ1n) is 14.9. The number of rotatable bonds is 8. The van der Waals surface area contributed by atoms with Crippen molar-refractivity contribution in [1.82, 2.24) is 20.1 Å². The van der Waals surface area contributed by atoms with Crippen molar-refractivity contribution in [3.8, 4) is 11.8 Å². The van der Waals surface area contributed by atoms with Crippen molar-refractivity contribution >= 4 is 17.6 Å². The average molecular weight is 598 g/mol. The first-order chi connectivity index (χ1) is 21.2. The number of hydrogen-bond acceptors (Lipinski definition) is 7. The van der Waals surface area contributed by atoms with Gasteiger partial charge in [-0.05, 0) is 79.8 Å². The Kier molecular flexibility index (Phi) is 9.65. The summed E-state index contributed by atoms with van der Waals surface area (Å²) in [5.41, 5.74) is 3.58. The highest BCUT2D eigenvalue weighted by Gasteiger charge is 2.31. The number of nitriles is 1. The largest absolute Gasteiger partial charge is 0.497 e. The number of benzene rings is 2. The van der Waals surface area contributed by atoms with Crippen LogP contribution in [0.1, 0.15) is 67.2 Å². The van der Waals surface area contributed by atoms with Crippen molar-refractivity contribution in [2.45, 2.75) is 44.9 Å². The van der Waals surface area contributed by atoms with Gasteiger partial charge in [-0.2, -0.15) is 5.26 Å². The van der Waals surface area contributed by atoms with Crippen LogP contribution < -0.4 is 10.1 Å². The third kappa shape index (κ3) is 7.12. The van der Waals surface area contributed by atoms with Gasteiger partial charge >= 0.3 is 0 Å². The van der Waals surface area contributed by atoms with Crippen molar-refractivity contribution in [2.24, 2.45) is 5.92 Å². The van der Waals surface area contributed by atoms with Gasteiger partial charge in [-0.3, -0.25) is 24.3 Å². The molecule has 2 atom stereocenters. The number of methoxy groups -OCH3 is 1. The molecule has 0 saturated carbocycles. The van der Waals surface area contributed by atoms with Crippen LogP contribution in [0.2, 0.25) is 0 Å². The van der Waals surface area contributed by atoms with E-state index in [1.54, 1.807) is 36.3 Å². The zero-order valence-electron chi connectivity index (χ0n) is 25.0. The van der Waals surface area contributed by atoms with Gasteiger partial charge in [-0.25, -0.2) is 4.39 Å². The fourth-order valence-corrected chi connectivity index (χ4v) is 5.82. The number of ether oxygens (including phenoxy) is 1. The first-order valence-corrected chi connectivity index (χ1v) is 14.9. The Labute approximate surface area is 256 Å². The Morgan fingerprint density at radius 2 is 1.75 bits per heavy atom. The number of likely N-dealkylation sites (tertiary alicyclic amines) is 2. The Balaban J connectivity index is 1.09. The summed E-state index contributed by atoms with van der Waals surface area (Å²) in [7, 11) is 1.58. The number of pyridine rings is 1. The van der Waals surface area contributed by atoms with Crippen LogP contribution in [-0.2, 0) is 6.54 Å². The number of aryl methyl sites for hydroxylation is 1. The molecule has 9 nitrogen and oxygen atoms in total. The predicted molar refractivity (Wildman–Crippen MR) is 162 cm³/mol. The number of carbonyl (C=O) groups is 3. The molecular formula is C34H36FN5O4. The molecule has 2 aromatic carbocycles. The third-order valence-corrected chi connectivity index (χ3v) is 8.54. The molecule has 0 bridgehead atoms. The number of nitrogens with one attached hydrogen (secondary N) is 1. The summed E-state index contributed by atoms with van der Waals surface area (Å²) in [6, 6.07) is 17.3. The van der Waals surface area contributed by atoms with E-state index in [-0.39, 0.29) is 35.4 Å². The van der Waals surface area contributed by atoms with Crippen molar-refractivity contribution < 1.29 is 23.5 Å². The molecule has 2 aliphatic heterocycles. The Morgan fingerprint density at radius 3 is 2.39 bits per heavy atom. The summed E-state index contributed by atoms with van der Waals surface area (Å²) >= 11 is 0. The van der Waals surface area contributed by atoms with E-state index in [9.17, 15) is 19.6 Å². The second-order valence-corrected chi connectivity index (χ2v) is 11.5. The van der Waals surface area contributed by atoms with Crippen LogP contribution in [0.4, 0.5) is 4.39 Å². The summed E-state index contributed by atoms with van der Waals surface area (Å²) in [4.78, 5) is 46.7. The molecule has 3 aromatic rings. The maximum atomic E-state index is 15.1. The highest BCUT2D eigenvalue weighted by atomic mass is 19.1. The van der Waals surface area contributed by atoms with Crippen LogP contribution in [0.15, 0.2) is 60.8 Å². The molecule has 0 aliphatic carbocycles. The smallest absolute Gasteiger partial charge is 0.272 e. The summed E-state index contributed by atoms with van der Waals surface area (Å²) in [5, 5.41) is 12.1. The second kappa shape index (κ2) is 13.8. The maximum Gasteiger partial charge on any atom is 0.272 e. The fraction of sp³-hybridized carbons (Fsp3) is 0.382. The molecule has 3 heterocycles. The van der Waals surface area contributed by atoms with Crippen molar-refractivity contribution in [2.75, 3.05) is 33.3 Å². The zero-order chi connectivity index (χ0) is 31.2. The standard InChI is InChI=1S/C34H36FN5O4/c1-22-3-4-23(17-27(22)18-36)20-39-14-13-30(29(35)21-39)38-33(42)26-7-10-31(37-19-26)34(43)40-15-11-25(12-16-40)32(41)24-5-8-28(44-2)9-6-24/h3-10,17,19,25,29-30H,11-16,20-21H2,1-2H3,(H,38,42). The minimum atomic E-state index is -1.25. The molecule has 2 aliphatic rings. The monoisotopic (exact) mass is 597 g/mol. The van der Waals surface area contributed by atoms with Crippen molar-refractivity contribution in [1.29, 1.82) is 5.26 Å². The molecule has 2 amide bonds. The molecule has 0 spiro atoms. The maximum absolute atomic E-state index is 15.1. The summed E-state index contributed by atoms with van der Waals surface area (Å²) in [5.74, 6) is -0.0880. The highest BCUT2D eigenvalue weighted by molar-refractivity contribution is 5.99. The van der Waals surface area contributed by atoms with Crippen LogP contribution >= 0.6 is 0 Å². The minimum absolute atomic E-state index is 0.0647. The number of amides is 2. The van der Waals surface area contributed by atoms with Gasteiger partial charge in [0.2, 0.25) is 0 Å². The summed E-state index contributed by atoms with van der Waals surface area (Å²) in [6.07, 6.45) is 1.67.